The lowest BCUT2D eigenvalue weighted by atomic mass is 10.2. The van der Waals surface area contributed by atoms with Gasteiger partial charge in [0.15, 0.2) is 9.84 Å². The first kappa shape index (κ1) is 19.8. The molecular formula is C19H17Cl2NO4S2. The van der Waals surface area contributed by atoms with Crippen LogP contribution in [-0.2, 0) is 16.4 Å². The summed E-state index contributed by atoms with van der Waals surface area (Å²) >= 11 is 14.0. The highest BCUT2D eigenvalue weighted by Gasteiger charge is 2.37. The number of rotatable bonds is 4. The SMILES string of the molecule is Cc1ccc(CN(C(=O)c2sc3cccc(Cl)c3c2Cl)[C@H]2CCS(=O)(=O)C2)o1. The Labute approximate surface area is 176 Å². The molecule has 4 rings (SSSR count). The van der Waals surface area contributed by atoms with E-state index in [1.807, 2.05) is 19.1 Å². The molecule has 3 heterocycles. The summed E-state index contributed by atoms with van der Waals surface area (Å²) in [4.78, 5) is 15.3. The van der Waals surface area contributed by atoms with Crippen LogP contribution in [-0.4, -0.2) is 36.8 Å². The van der Waals surface area contributed by atoms with Gasteiger partial charge in [-0.05, 0) is 37.6 Å². The summed E-state index contributed by atoms with van der Waals surface area (Å²) in [5, 5.41) is 1.43. The van der Waals surface area contributed by atoms with E-state index in [-0.39, 0.29) is 24.0 Å². The van der Waals surface area contributed by atoms with Crippen LogP contribution in [0.25, 0.3) is 10.1 Å². The summed E-state index contributed by atoms with van der Waals surface area (Å²) in [6.07, 6.45) is 0.400. The molecule has 1 aliphatic heterocycles. The quantitative estimate of drug-likeness (QED) is 0.556. The number of fused-ring (bicyclic) bond motifs is 1. The van der Waals surface area contributed by atoms with Crippen molar-refractivity contribution in [1.29, 1.82) is 0 Å². The van der Waals surface area contributed by atoms with E-state index in [0.717, 1.165) is 10.5 Å². The summed E-state index contributed by atoms with van der Waals surface area (Å²) in [5.74, 6) is 1.05. The van der Waals surface area contributed by atoms with Crippen molar-refractivity contribution < 1.29 is 17.6 Å². The molecule has 0 unspecified atom stereocenters. The zero-order valence-corrected chi connectivity index (χ0v) is 18.1. The number of furan rings is 1. The molecule has 2 aromatic heterocycles. The second kappa shape index (κ2) is 7.37. The molecule has 1 amide bonds. The highest BCUT2D eigenvalue weighted by molar-refractivity contribution is 7.91. The van der Waals surface area contributed by atoms with Crippen LogP contribution in [0.1, 0.15) is 27.6 Å². The van der Waals surface area contributed by atoms with Crippen molar-refractivity contribution in [3.63, 3.8) is 0 Å². The fraction of sp³-hybridized carbons (Fsp3) is 0.316. The normalized spacial score (nSPS) is 18.6. The number of carbonyl (C=O) groups excluding carboxylic acids is 1. The van der Waals surface area contributed by atoms with Crippen molar-refractivity contribution in [2.45, 2.75) is 25.9 Å². The monoisotopic (exact) mass is 457 g/mol. The van der Waals surface area contributed by atoms with Gasteiger partial charge in [0.05, 0.1) is 28.1 Å². The average Bonchev–Trinajstić information content (AvgIpc) is 3.30. The molecule has 148 valence electrons. The average molecular weight is 458 g/mol. The maximum Gasteiger partial charge on any atom is 0.266 e. The second-order valence-electron chi connectivity index (χ2n) is 6.86. The van der Waals surface area contributed by atoms with Crippen LogP contribution in [0.2, 0.25) is 10.0 Å². The van der Waals surface area contributed by atoms with E-state index in [1.165, 1.54) is 11.3 Å². The molecule has 0 radical (unpaired) electrons. The van der Waals surface area contributed by atoms with Gasteiger partial charge in [-0.3, -0.25) is 4.79 Å². The number of carbonyl (C=O) groups is 1. The van der Waals surface area contributed by atoms with Gasteiger partial charge in [-0.15, -0.1) is 11.3 Å². The van der Waals surface area contributed by atoms with Crippen LogP contribution in [0.3, 0.4) is 0 Å². The van der Waals surface area contributed by atoms with Gasteiger partial charge in [0, 0.05) is 16.1 Å². The Morgan fingerprint density at radius 1 is 1.29 bits per heavy atom. The molecule has 28 heavy (non-hydrogen) atoms. The van der Waals surface area contributed by atoms with E-state index in [9.17, 15) is 13.2 Å². The summed E-state index contributed by atoms with van der Waals surface area (Å²) in [6, 6.07) is 8.58. The zero-order chi connectivity index (χ0) is 20.1. The van der Waals surface area contributed by atoms with Gasteiger partial charge < -0.3 is 9.32 Å². The predicted molar refractivity (Wildman–Crippen MR) is 112 cm³/mol. The summed E-state index contributed by atoms with van der Waals surface area (Å²) in [6.45, 7) is 2.01. The number of thiophene rings is 1. The van der Waals surface area contributed by atoms with E-state index in [2.05, 4.69) is 0 Å². The van der Waals surface area contributed by atoms with E-state index >= 15 is 0 Å². The molecule has 0 saturated carbocycles. The Hall–Kier alpha value is -1.54. The number of amides is 1. The van der Waals surface area contributed by atoms with Gasteiger partial charge in [-0.25, -0.2) is 8.42 Å². The first-order valence-electron chi connectivity index (χ1n) is 8.68. The molecule has 1 fully saturated rings. The van der Waals surface area contributed by atoms with E-state index in [0.29, 0.717) is 32.5 Å². The summed E-state index contributed by atoms with van der Waals surface area (Å²) < 4.78 is 30.5. The zero-order valence-electron chi connectivity index (χ0n) is 14.9. The molecule has 1 aliphatic rings. The molecular weight excluding hydrogens is 441 g/mol. The van der Waals surface area contributed by atoms with Crippen molar-refractivity contribution in [2.75, 3.05) is 11.5 Å². The maximum atomic E-state index is 13.4. The Balaban J connectivity index is 1.74. The van der Waals surface area contributed by atoms with Crippen LogP contribution in [0.15, 0.2) is 34.7 Å². The second-order valence-corrected chi connectivity index (χ2v) is 10.9. The number of halogens is 2. The molecule has 9 heteroatoms. The van der Waals surface area contributed by atoms with Gasteiger partial charge in [0.25, 0.3) is 5.91 Å². The fourth-order valence-corrected chi connectivity index (χ4v) is 7.10. The lowest BCUT2D eigenvalue weighted by molar-refractivity contribution is 0.0671. The lowest BCUT2D eigenvalue weighted by Crippen LogP contribution is -2.40. The molecule has 1 atom stereocenters. The number of sulfone groups is 1. The van der Waals surface area contributed by atoms with Crippen molar-refractivity contribution in [2.24, 2.45) is 0 Å². The third-order valence-corrected chi connectivity index (χ3v) is 8.53. The minimum atomic E-state index is -3.16. The first-order valence-corrected chi connectivity index (χ1v) is 12.1. The minimum Gasteiger partial charge on any atom is -0.464 e. The largest absolute Gasteiger partial charge is 0.464 e. The van der Waals surface area contributed by atoms with Crippen LogP contribution in [0, 0.1) is 6.92 Å². The number of hydrogen-bond acceptors (Lipinski definition) is 5. The van der Waals surface area contributed by atoms with Crippen molar-refractivity contribution in [3.8, 4) is 0 Å². The molecule has 1 saturated heterocycles. The van der Waals surface area contributed by atoms with Crippen LogP contribution in [0.5, 0.6) is 0 Å². The molecule has 0 aliphatic carbocycles. The predicted octanol–water partition coefficient (Wildman–Crippen LogP) is 4.94. The van der Waals surface area contributed by atoms with E-state index in [1.54, 1.807) is 23.1 Å². The van der Waals surface area contributed by atoms with Gasteiger partial charge in [0.2, 0.25) is 0 Å². The van der Waals surface area contributed by atoms with Gasteiger partial charge in [-0.2, -0.15) is 0 Å². The molecule has 1 aromatic carbocycles. The number of hydrogen-bond donors (Lipinski definition) is 0. The molecule has 3 aromatic rings. The molecule has 0 spiro atoms. The van der Waals surface area contributed by atoms with Crippen LogP contribution < -0.4 is 0 Å². The van der Waals surface area contributed by atoms with Crippen molar-refractivity contribution in [1.82, 2.24) is 4.90 Å². The number of aryl methyl sites for hydroxylation is 1. The third-order valence-electron chi connectivity index (χ3n) is 4.83. The van der Waals surface area contributed by atoms with Gasteiger partial charge >= 0.3 is 0 Å². The van der Waals surface area contributed by atoms with E-state index in [4.69, 9.17) is 27.6 Å². The van der Waals surface area contributed by atoms with Crippen molar-refractivity contribution >= 4 is 60.4 Å². The number of nitrogens with zero attached hydrogens (tertiary/aromatic N) is 1. The Bertz CT molecular complexity index is 1170. The Morgan fingerprint density at radius 3 is 2.68 bits per heavy atom. The standard InChI is InChI=1S/C19H17Cl2NO4S2/c1-11-5-6-13(26-11)9-22(12-7-8-28(24,25)10-12)19(23)18-17(21)16-14(20)3-2-4-15(16)27-18/h2-6,12H,7-10H2,1H3/t12-/m0/s1. The fourth-order valence-electron chi connectivity index (χ4n) is 3.46. The van der Waals surface area contributed by atoms with Crippen LogP contribution in [0.4, 0.5) is 0 Å². The molecule has 5 nitrogen and oxygen atoms in total. The maximum absolute atomic E-state index is 13.4. The first-order chi connectivity index (χ1) is 13.2. The van der Waals surface area contributed by atoms with E-state index < -0.39 is 15.9 Å². The Kier molecular flexibility index (Phi) is 5.20. The van der Waals surface area contributed by atoms with Crippen molar-refractivity contribution in [3.05, 3.63) is 56.8 Å². The number of benzene rings is 1. The highest BCUT2D eigenvalue weighted by atomic mass is 35.5. The molecule has 0 bridgehead atoms. The van der Waals surface area contributed by atoms with Gasteiger partial charge in [-0.1, -0.05) is 29.3 Å². The highest BCUT2D eigenvalue weighted by Crippen LogP contribution is 2.40. The third kappa shape index (κ3) is 3.68. The Morgan fingerprint density at radius 2 is 2.07 bits per heavy atom. The molecule has 0 N–H and O–H groups in total. The summed E-state index contributed by atoms with van der Waals surface area (Å²) in [5.41, 5.74) is 0. The van der Waals surface area contributed by atoms with Gasteiger partial charge in [0.1, 0.15) is 16.4 Å². The topological polar surface area (TPSA) is 67.6 Å². The smallest absolute Gasteiger partial charge is 0.266 e. The summed E-state index contributed by atoms with van der Waals surface area (Å²) in [7, 11) is -3.16. The minimum absolute atomic E-state index is 0.0539. The lowest BCUT2D eigenvalue weighted by Gasteiger charge is -2.27. The van der Waals surface area contributed by atoms with Crippen LogP contribution >= 0.6 is 34.5 Å².